The molecule has 112 valence electrons. The standard InChI is InChI=1S/C17H22ClN3/c1-4-16-9-14(11-19-2)10-17(20-16)21(3)12-13-5-7-15(18)8-6-13/h5-10,19H,4,11-12H2,1-3H3. The Morgan fingerprint density at radius 3 is 2.48 bits per heavy atom. The lowest BCUT2D eigenvalue weighted by molar-refractivity contribution is 0.805. The molecule has 0 aliphatic rings. The van der Waals surface area contributed by atoms with Crippen LogP contribution in [0.5, 0.6) is 0 Å². The summed E-state index contributed by atoms with van der Waals surface area (Å²) in [5.41, 5.74) is 3.61. The van der Waals surface area contributed by atoms with Gasteiger partial charge in [0.25, 0.3) is 0 Å². The van der Waals surface area contributed by atoms with Crippen LogP contribution in [0.4, 0.5) is 5.82 Å². The number of pyridine rings is 1. The number of nitrogens with one attached hydrogen (secondary N) is 1. The molecule has 4 heteroatoms. The highest BCUT2D eigenvalue weighted by molar-refractivity contribution is 6.30. The van der Waals surface area contributed by atoms with E-state index < -0.39 is 0 Å². The molecule has 0 radical (unpaired) electrons. The fourth-order valence-electron chi connectivity index (χ4n) is 2.26. The average Bonchev–Trinajstić information content (AvgIpc) is 2.49. The van der Waals surface area contributed by atoms with Crippen LogP contribution in [0, 0.1) is 0 Å². The van der Waals surface area contributed by atoms with E-state index in [0.717, 1.165) is 36.0 Å². The third-order valence-electron chi connectivity index (χ3n) is 3.39. The maximum Gasteiger partial charge on any atom is 0.129 e. The minimum atomic E-state index is 0.767. The van der Waals surface area contributed by atoms with Gasteiger partial charge in [0.1, 0.15) is 5.82 Å². The van der Waals surface area contributed by atoms with Crippen LogP contribution in [0.2, 0.25) is 5.02 Å². The maximum absolute atomic E-state index is 5.93. The van der Waals surface area contributed by atoms with Gasteiger partial charge >= 0.3 is 0 Å². The Morgan fingerprint density at radius 2 is 1.86 bits per heavy atom. The molecular formula is C17H22ClN3. The normalized spacial score (nSPS) is 10.7. The highest BCUT2D eigenvalue weighted by Crippen LogP contribution is 2.18. The molecule has 0 saturated carbocycles. The van der Waals surface area contributed by atoms with E-state index in [9.17, 15) is 0 Å². The van der Waals surface area contributed by atoms with Crippen molar-refractivity contribution in [1.29, 1.82) is 0 Å². The zero-order valence-corrected chi connectivity index (χ0v) is 13.6. The van der Waals surface area contributed by atoms with Crippen molar-refractivity contribution in [3.8, 4) is 0 Å². The molecule has 0 saturated heterocycles. The van der Waals surface area contributed by atoms with Crippen LogP contribution >= 0.6 is 11.6 Å². The second-order valence-corrected chi connectivity index (χ2v) is 5.63. The van der Waals surface area contributed by atoms with Crippen molar-refractivity contribution >= 4 is 17.4 Å². The highest BCUT2D eigenvalue weighted by atomic mass is 35.5. The topological polar surface area (TPSA) is 28.2 Å². The monoisotopic (exact) mass is 303 g/mol. The summed E-state index contributed by atoms with van der Waals surface area (Å²) in [4.78, 5) is 6.89. The van der Waals surface area contributed by atoms with Crippen molar-refractivity contribution in [2.24, 2.45) is 0 Å². The van der Waals surface area contributed by atoms with Gasteiger partial charge < -0.3 is 10.2 Å². The fraction of sp³-hybridized carbons (Fsp3) is 0.353. The van der Waals surface area contributed by atoms with Gasteiger partial charge in [-0.05, 0) is 48.9 Å². The van der Waals surface area contributed by atoms with Gasteiger partial charge in [0.2, 0.25) is 0 Å². The van der Waals surface area contributed by atoms with Gasteiger partial charge in [-0.3, -0.25) is 0 Å². The predicted octanol–water partition coefficient (Wildman–Crippen LogP) is 3.65. The van der Waals surface area contributed by atoms with Crippen LogP contribution in [0.3, 0.4) is 0 Å². The molecule has 1 heterocycles. The van der Waals surface area contributed by atoms with Crippen molar-refractivity contribution in [2.75, 3.05) is 19.0 Å². The number of anilines is 1. The lowest BCUT2D eigenvalue weighted by Crippen LogP contribution is -2.19. The summed E-state index contributed by atoms with van der Waals surface area (Å²) in [6.07, 6.45) is 0.944. The number of aromatic nitrogens is 1. The third-order valence-corrected chi connectivity index (χ3v) is 3.64. The van der Waals surface area contributed by atoms with Crippen molar-refractivity contribution in [1.82, 2.24) is 10.3 Å². The Kier molecular flexibility index (Phi) is 5.59. The van der Waals surface area contributed by atoms with E-state index in [0.29, 0.717) is 0 Å². The molecule has 0 spiro atoms. The van der Waals surface area contributed by atoms with E-state index in [1.54, 1.807) is 0 Å². The molecular weight excluding hydrogens is 282 g/mol. The third kappa shape index (κ3) is 4.45. The summed E-state index contributed by atoms with van der Waals surface area (Å²) in [5.74, 6) is 1.01. The van der Waals surface area contributed by atoms with E-state index in [1.165, 1.54) is 11.1 Å². The Labute approximate surface area is 132 Å². The van der Waals surface area contributed by atoms with Crippen molar-refractivity contribution in [2.45, 2.75) is 26.4 Å². The quantitative estimate of drug-likeness (QED) is 0.883. The molecule has 0 atom stereocenters. The number of aryl methyl sites for hydroxylation is 1. The van der Waals surface area contributed by atoms with E-state index in [-0.39, 0.29) is 0 Å². The second kappa shape index (κ2) is 7.43. The predicted molar refractivity (Wildman–Crippen MR) is 89.9 cm³/mol. The van der Waals surface area contributed by atoms with Crippen LogP contribution in [0.25, 0.3) is 0 Å². The Bertz CT molecular complexity index is 581. The first-order valence-corrected chi connectivity index (χ1v) is 7.60. The first-order chi connectivity index (χ1) is 10.1. The number of benzene rings is 1. The van der Waals surface area contributed by atoms with Crippen LogP contribution in [-0.4, -0.2) is 19.1 Å². The lowest BCUT2D eigenvalue weighted by Gasteiger charge is -2.20. The highest BCUT2D eigenvalue weighted by Gasteiger charge is 2.07. The maximum atomic E-state index is 5.93. The average molecular weight is 304 g/mol. The number of halogens is 1. The second-order valence-electron chi connectivity index (χ2n) is 5.19. The van der Waals surface area contributed by atoms with E-state index in [2.05, 4.69) is 48.5 Å². The molecule has 3 nitrogen and oxygen atoms in total. The molecule has 21 heavy (non-hydrogen) atoms. The molecule has 1 aromatic heterocycles. The smallest absolute Gasteiger partial charge is 0.129 e. The number of hydrogen-bond acceptors (Lipinski definition) is 3. The summed E-state index contributed by atoms with van der Waals surface area (Å²) in [6.45, 7) is 3.81. The largest absolute Gasteiger partial charge is 0.355 e. The number of nitrogens with zero attached hydrogens (tertiary/aromatic N) is 2. The molecule has 2 aromatic rings. The molecule has 0 aliphatic carbocycles. The zero-order valence-electron chi connectivity index (χ0n) is 12.9. The molecule has 0 bridgehead atoms. The molecule has 0 fully saturated rings. The first kappa shape index (κ1) is 15.8. The van der Waals surface area contributed by atoms with Gasteiger partial charge in [-0.25, -0.2) is 4.98 Å². The van der Waals surface area contributed by atoms with Crippen LogP contribution in [0.15, 0.2) is 36.4 Å². The molecule has 2 rings (SSSR count). The van der Waals surface area contributed by atoms with Gasteiger partial charge in [0.05, 0.1) is 0 Å². The van der Waals surface area contributed by atoms with E-state index >= 15 is 0 Å². The Morgan fingerprint density at radius 1 is 1.14 bits per heavy atom. The molecule has 0 aliphatic heterocycles. The van der Waals surface area contributed by atoms with Crippen LogP contribution < -0.4 is 10.2 Å². The van der Waals surface area contributed by atoms with Crippen LogP contribution in [0.1, 0.15) is 23.7 Å². The SMILES string of the molecule is CCc1cc(CNC)cc(N(C)Cc2ccc(Cl)cc2)n1. The van der Waals surface area contributed by atoms with Crippen molar-refractivity contribution in [3.63, 3.8) is 0 Å². The summed E-state index contributed by atoms with van der Waals surface area (Å²) >= 11 is 5.93. The molecule has 1 aromatic carbocycles. The Balaban J connectivity index is 2.19. The zero-order chi connectivity index (χ0) is 15.2. The molecule has 1 N–H and O–H groups in total. The van der Waals surface area contributed by atoms with Gasteiger partial charge in [0.15, 0.2) is 0 Å². The van der Waals surface area contributed by atoms with E-state index in [4.69, 9.17) is 16.6 Å². The van der Waals surface area contributed by atoms with Crippen molar-refractivity contribution in [3.05, 3.63) is 58.2 Å². The minimum Gasteiger partial charge on any atom is -0.355 e. The van der Waals surface area contributed by atoms with Gasteiger partial charge in [-0.2, -0.15) is 0 Å². The first-order valence-electron chi connectivity index (χ1n) is 7.22. The van der Waals surface area contributed by atoms with Gasteiger partial charge in [0, 0.05) is 30.9 Å². The van der Waals surface area contributed by atoms with E-state index in [1.807, 2.05) is 19.2 Å². The molecule has 0 unspecified atom stereocenters. The fourth-order valence-corrected chi connectivity index (χ4v) is 2.39. The Hall–Kier alpha value is -1.58. The summed E-state index contributed by atoms with van der Waals surface area (Å²) in [5, 5.41) is 3.96. The summed E-state index contributed by atoms with van der Waals surface area (Å²) in [7, 11) is 4.03. The summed E-state index contributed by atoms with van der Waals surface area (Å²) in [6, 6.07) is 12.3. The summed E-state index contributed by atoms with van der Waals surface area (Å²) < 4.78 is 0. The molecule has 0 amide bonds. The number of rotatable bonds is 6. The van der Waals surface area contributed by atoms with Crippen LogP contribution in [-0.2, 0) is 19.5 Å². The lowest BCUT2D eigenvalue weighted by atomic mass is 10.1. The number of hydrogen-bond donors (Lipinski definition) is 1. The van der Waals surface area contributed by atoms with Gasteiger partial charge in [-0.15, -0.1) is 0 Å². The minimum absolute atomic E-state index is 0.767. The van der Waals surface area contributed by atoms with Crippen molar-refractivity contribution < 1.29 is 0 Å². The van der Waals surface area contributed by atoms with Gasteiger partial charge in [-0.1, -0.05) is 30.7 Å².